The van der Waals surface area contributed by atoms with E-state index in [0.29, 0.717) is 11.8 Å². The van der Waals surface area contributed by atoms with Crippen molar-refractivity contribution in [1.82, 2.24) is 4.98 Å². The molecular formula is C25H31N. The molecule has 0 radical (unpaired) electrons. The second kappa shape index (κ2) is 7.61. The standard InChI is InChI=1S/C25H31N/c1-16(2)10-20-8-7-9-23-25(20)22(11-17(3)4)15-24(26-23)21-13-18(5)12-19(6)14-21/h7-9,12-17H,10-11H2,1-6H3. The van der Waals surface area contributed by atoms with E-state index in [4.69, 9.17) is 4.98 Å². The van der Waals surface area contributed by atoms with Crippen LogP contribution in [-0.2, 0) is 12.8 Å². The van der Waals surface area contributed by atoms with E-state index in [1.807, 2.05) is 0 Å². The molecular weight excluding hydrogens is 314 g/mol. The number of fused-ring (bicyclic) bond motifs is 1. The summed E-state index contributed by atoms with van der Waals surface area (Å²) in [7, 11) is 0. The molecule has 1 nitrogen and oxygen atoms in total. The van der Waals surface area contributed by atoms with Crippen LogP contribution in [0.2, 0.25) is 0 Å². The van der Waals surface area contributed by atoms with Crippen molar-refractivity contribution >= 4 is 10.9 Å². The molecule has 0 aliphatic carbocycles. The maximum Gasteiger partial charge on any atom is 0.0715 e. The quantitative estimate of drug-likeness (QED) is 0.489. The summed E-state index contributed by atoms with van der Waals surface area (Å²) < 4.78 is 0. The molecule has 1 aromatic heterocycles. The van der Waals surface area contributed by atoms with Crippen LogP contribution in [0.25, 0.3) is 22.2 Å². The summed E-state index contributed by atoms with van der Waals surface area (Å²) in [5.74, 6) is 1.27. The van der Waals surface area contributed by atoms with Gasteiger partial charge >= 0.3 is 0 Å². The Morgan fingerprint density at radius 1 is 0.769 bits per heavy atom. The van der Waals surface area contributed by atoms with Gasteiger partial charge in [0.15, 0.2) is 0 Å². The lowest BCUT2D eigenvalue weighted by atomic mass is 9.91. The predicted molar refractivity (Wildman–Crippen MR) is 114 cm³/mol. The highest BCUT2D eigenvalue weighted by atomic mass is 14.7. The molecule has 26 heavy (non-hydrogen) atoms. The van der Waals surface area contributed by atoms with E-state index in [1.54, 1.807) is 0 Å². The molecule has 0 amide bonds. The first-order valence-corrected chi connectivity index (χ1v) is 9.83. The van der Waals surface area contributed by atoms with E-state index >= 15 is 0 Å². The minimum absolute atomic E-state index is 0.625. The van der Waals surface area contributed by atoms with Gasteiger partial charge in [-0.05, 0) is 73.9 Å². The molecule has 2 aromatic carbocycles. The summed E-state index contributed by atoms with van der Waals surface area (Å²) in [6.07, 6.45) is 2.19. The highest BCUT2D eigenvalue weighted by Gasteiger charge is 2.13. The lowest BCUT2D eigenvalue weighted by molar-refractivity contribution is 0.642. The van der Waals surface area contributed by atoms with Gasteiger partial charge in [-0.3, -0.25) is 0 Å². The molecule has 0 saturated carbocycles. The Bertz CT molecular complexity index is 899. The van der Waals surface area contributed by atoms with Crippen LogP contribution in [0, 0.1) is 25.7 Å². The van der Waals surface area contributed by atoms with Crippen LogP contribution in [0.3, 0.4) is 0 Å². The first-order chi connectivity index (χ1) is 12.3. The summed E-state index contributed by atoms with van der Waals surface area (Å²) in [6.45, 7) is 13.5. The van der Waals surface area contributed by atoms with Crippen molar-refractivity contribution in [2.45, 2.75) is 54.4 Å². The van der Waals surface area contributed by atoms with Crippen LogP contribution in [-0.4, -0.2) is 4.98 Å². The maximum atomic E-state index is 5.06. The predicted octanol–water partition coefficient (Wildman–Crippen LogP) is 6.92. The highest BCUT2D eigenvalue weighted by Crippen LogP contribution is 2.31. The van der Waals surface area contributed by atoms with E-state index in [0.717, 1.165) is 24.1 Å². The third-order valence-electron chi connectivity index (χ3n) is 4.78. The van der Waals surface area contributed by atoms with Crippen LogP contribution in [0.5, 0.6) is 0 Å². The Balaban J connectivity index is 2.24. The van der Waals surface area contributed by atoms with Crippen LogP contribution in [0.1, 0.15) is 49.9 Å². The number of rotatable bonds is 5. The Kier molecular flexibility index (Phi) is 5.46. The van der Waals surface area contributed by atoms with Crippen molar-refractivity contribution in [3.8, 4) is 11.3 Å². The fourth-order valence-corrected chi connectivity index (χ4v) is 3.93. The number of aryl methyl sites for hydroxylation is 2. The fourth-order valence-electron chi connectivity index (χ4n) is 3.93. The number of benzene rings is 2. The molecule has 0 N–H and O–H groups in total. The van der Waals surface area contributed by atoms with Crippen LogP contribution in [0.15, 0.2) is 42.5 Å². The van der Waals surface area contributed by atoms with E-state index in [2.05, 4.69) is 84.0 Å². The Hall–Kier alpha value is -2.15. The molecule has 0 unspecified atom stereocenters. The number of aromatic nitrogens is 1. The average molecular weight is 346 g/mol. The summed E-state index contributed by atoms with van der Waals surface area (Å²) in [5, 5.41) is 1.38. The number of hydrogen-bond acceptors (Lipinski definition) is 1. The van der Waals surface area contributed by atoms with Gasteiger partial charge in [-0.2, -0.15) is 0 Å². The molecule has 3 aromatic rings. The third-order valence-corrected chi connectivity index (χ3v) is 4.78. The highest BCUT2D eigenvalue weighted by molar-refractivity contribution is 5.88. The average Bonchev–Trinajstić information content (AvgIpc) is 2.52. The fraction of sp³-hybridized carbons (Fsp3) is 0.400. The third kappa shape index (κ3) is 4.15. The van der Waals surface area contributed by atoms with Crippen LogP contribution in [0.4, 0.5) is 0 Å². The zero-order chi connectivity index (χ0) is 18.8. The van der Waals surface area contributed by atoms with E-state index in [1.165, 1.54) is 33.2 Å². The van der Waals surface area contributed by atoms with Crippen molar-refractivity contribution in [1.29, 1.82) is 0 Å². The van der Waals surface area contributed by atoms with Crippen LogP contribution >= 0.6 is 0 Å². The van der Waals surface area contributed by atoms with E-state index < -0.39 is 0 Å². The lowest BCUT2D eigenvalue weighted by Crippen LogP contribution is -2.02. The summed E-state index contributed by atoms with van der Waals surface area (Å²) >= 11 is 0. The number of nitrogens with zero attached hydrogens (tertiary/aromatic N) is 1. The molecule has 136 valence electrons. The van der Waals surface area contributed by atoms with Gasteiger partial charge in [0.25, 0.3) is 0 Å². The Labute approximate surface area is 158 Å². The van der Waals surface area contributed by atoms with Gasteiger partial charge in [0.05, 0.1) is 11.2 Å². The second-order valence-electron chi connectivity index (χ2n) is 8.55. The lowest BCUT2D eigenvalue weighted by Gasteiger charge is -2.16. The molecule has 0 atom stereocenters. The van der Waals surface area contributed by atoms with Crippen molar-refractivity contribution in [3.63, 3.8) is 0 Å². The molecule has 0 aliphatic rings. The molecule has 0 fully saturated rings. The van der Waals surface area contributed by atoms with Gasteiger partial charge < -0.3 is 0 Å². The van der Waals surface area contributed by atoms with Gasteiger partial charge in [0, 0.05) is 10.9 Å². The second-order valence-corrected chi connectivity index (χ2v) is 8.55. The largest absolute Gasteiger partial charge is 0.248 e. The van der Waals surface area contributed by atoms with Gasteiger partial charge in [-0.15, -0.1) is 0 Å². The molecule has 0 spiro atoms. The smallest absolute Gasteiger partial charge is 0.0715 e. The Morgan fingerprint density at radius 3 is 2.00 bits per heavy atom. The first kappa shape index (κ1) is 18.6. The van der Waals surface area contributed by atoms with Crippen molar-refractivity contribution < 1.29 is 0 Å². The van der Waals surface area contributed by atoms with Gasteiger partial charge in [-0.1, -0.05) is 57.0 Å². The van der Waals surface area contributed by atoms with Crippen molar-refractivity contribution in [3.05, 3.63) is 64.7 Å². The van der Waals surface area contributed by atoms with Gasteiger partial charge in [-0.25, -0.2) is 4.98 Å². The van der Waals surface area contributed by atoms with E-state index in [-0.39, 0.29) is 0 Å². The van der Waals surface area contributed by atoms with Crippen molar-refractivity contribution in [2.75, 3.05) is 0 Å². The Morgan fingerprint density at radius 2 is 1.38 bits per heavy atom. The monoisotopic (exact) mass is 345 g/mol. The topological polar surface area (TPSA) is 12.9 Å². The normalized spacial score (nSPS) is 11.7. The van der Waals surface area contributed by atoms with Gasteiger partial charge in [0.2, 0.25) is 0 Å². The van der Waals surface area contributed by atoms with Crippen LogP contribution < -0.4 is 0 Å². The molecule has 0 saturated heterocycles. The zero-order valence-corrected chi connectivity index (χ0v) is 17.1. The van der Waals surface area contributed by atoms with Crippen molar-refractivity contribution in [2.24, 2.45) is 11.8 Å². The summed E-state index contributed by atoms with van der Waals surface area (Å²) in [6, 6.07) is 15.7. The zero-order valence-electron chi connectivity index (χ0n) is 17.1. The molecule has 0 aliphatic heterocycles. The maximum absolute atomic E-state index is 5.06. The summed E-state index contributed by atoms with van der Waals surface area (Å²) in [4.78, 5) is 5.06. The number of pyridine rings is 1. The summed E-state index contributed by atoms with van der Waals surface area (Å²) in [5.41, 5.74) is 8.92. The molecule has 1 heterocycles. The SMILES string of the molecule is Cc1cc(C)cc(-c2cc(CC(C)C)c3c(CC(C)C)cccc3n2)c1. The minimum atomic E-state index is 0.625. The van der Waals surface area contributed by atoms with E-state index in [9.17, 15) is 0 Å². The molecule has 1 heteroatoms. The minimum Gasteiger partial charge on any atom is -0.248 e. The first-order valence-electron chi connectivity index (χ1n) is 9.83. The van der Waals surface area contributed by atoms with Gasteiger partial charge in [0.1, 0.15) is 0 Å². The molecule has 3 rings (SSSR count). The number of hydrogen-bond donors (Lipinski definition) is 0. The molecule has 0 bridgehead atoms.